The SMILES string of the molecule is COc1ccccc1-c1noc(CSc2nc3ccccc3c(=O)n2-c2ccc(C)cn2)n1. The third-order valence-electron chi connectivity index (χ3n) is 5.01. The van der Waals surface area contributed by atoms with Crippen molar-refractivity contribution in [3.63, 3.8) is 0 Å². The van der Waals surface area contributed by atoms with Crippen molar-refractivity contribution in [2.45, 2.75) is 17.8 Å². The molecule has 0 unspecified atom stereocenters. The van der Waals surface area contributed by atoms with Gasteiger partial charge in [-0.25, -0.2) is 14.5 Å². The van der Waals surface area contributed by atoms with Crippen LogP contribution in [0.3, 0.4) is 0 Å². The molecule has 3 heterocycles. The van der Waals surface area contributed by atoms with Gasteiger partial charge in [0.2, 0.25) is 11.7 Å². The molecule has 0 saturated heterocycles. The fourth-order valence-corrected chi connectivity index (χ4v) is 4.22. The van der Waals surface area contributed by atoms with Crippen LogP contribution in [0.15, 0.2) is 81.3 Å². The van der Waals surface area contributed by atoms with E-state index in [1.165, 1.54) is 16.3 Å². The summed E-state index contributed by atoms with van der Waals surface area (Å²) in [5.41, 5.74) is 2.18. The van der Waals surface area contributed by atoms with E-state index in [0.717, 1.165) is 11.1 Å². The molecule has 0 spiro atoms. The standard InChI is InChI=1S/C24H19N5O3S/c1-15-11-12-20(25-13-15)29-23(30)16-7-3-5-9-18(16)26-24(29)33-14-21-27-22(28-32-21)17-8-4-6-10-19(17)31-2/h3-13H,14H2,1-2H3. The van der Waals surface area contributed by atoms with Crippen molar-refractivity contribution in [1.29, 1.82) is 0 Å². The molecule has 5 rings (SSSR count). The lowest BCUT2D eigenvalue weighted by molar-refractivity contribution is 0.390. The first-order valence-corrected chi connectivity index (χ1v) is 11.2. The summed E-state index contributed by atoms with van der Waals surface area (Å²) < 4.78 is 12.4. The zero-order valence-electron chi connectivity index (χ0n) is 17.9. The number of hydrogen-bond acceptors (Lipinski definition) is 8. The molecule has 2 aromatic carbocycles. The van der Waals surface area contributed by atoms with Crippen molar-refractivity contribution in [3.05, 3.63) is 88.7 Å². The first kappa shape index (κ1) is 20.9. The number of ether oxygens (including phenoxy) is 1. The monoisotopic (exact) mass is 457 g/mol. The zero-order valence-corrected chi connectivity index (χ0v) is 18.7. The molecule has 0 aliphatic heterocycles. The summed E-state index contributed by atoms with van der Waals surface area (Å²) in [5.74, 6) is 2.34. The Kier molecular flexibility index (Phi) is 5.62. The molecule has 0 atom stereocenters. The molecular weight excluding hydrogens is 438 g/mol. The Labute approximate surface area is 193 Å². The summed E-state index contributed by atoms with van der Waals surface area (Å²) in [6, 6.07) is 18.5. The van der Waals surface area contributed by atoms with Gasteiger partial charge in [-0.3, -0.25) is 4.79 Å². The highest BCUT2D eigenvalue weighted by molar-refractivity contribution is 7.98. The molecule has 0 aliphatic carbocycles. The highest BCUT2D eigenvalue weighted by Crippen LogP contribution is 2.29. The molecule has 8 nitrogen and oxygen atoms in total. The molecule has 0 bridgehead atoms. The van der Waals surface area contributed by atoms with Crippen LogP contribution in [0, 0.1) is 6.92 Å². The molecule has 0 aliphatic rings. The smallest absolute Gasteiger partial charge is 0.267 e. The van der Waals surface area contributed by atoms with Crippen LogP contribution in [0.4, 0.5) is 0 Å². The Bertz CT molecular complexity index is 1490. The van der Waals surface area contributed by atoms with Gasteiger partial charge in [0.25, 0.3) is 5.56 Å². The summed E-state index contributed by atoms with van der Waals surface area (Å²) in [7, 11) is 1.60. The molecular formula is C24H19N5O3S. The van der Waals surface area contributed by atoms with Crippen molar-refractivity contribution in [2.24, 2.45) is 0 Å². The topological polar surface area (TPSA) is 95.9 Å². The maximum Gasteiger partial charge on any atom is 0.267 e. The minimum Gasteiger partial charge on any atom is -0.496 e. The molecule has 0 N–H and O–H groups in total. The van der Waals surface area contributed by atoms with Gasteiger partial charge < -0.3 is 9.26 Å². The first-order chi connectivity index (χ1) is 16.1. The van der Waals surface area contributed by atoms with E-state index in [1.807, 2.05) is 61.5 Å². The fraction of sp³-hybridized carbons (Fsp3) is 0.125. The van der Waals surface area contributed by atoms with Crippen LogP contribution in [0.1, 0.15) is 11.5 Å². The second-order valence-corrected chi connectivity index (χ2v) is 8.19. The Morgan fingerprint density at radius 3 is 2.67 bits per heavy atom. The van der Waals surface area contributed by atoms with Crippen LogP contribution in [-0.2, 0) is 5.75 Å². The molecule has 0 fully saturated rings. The molecule has 0 saturated carbocycles. The van der Waals surface area contributed by atoms with Crippen molar-refractivity contribution < 1.29 is 9.26 Å². The number of fused-ring (bicyclic) bond motifs is 1. The number of para-hydroxylation sites is 2. The van der Waals surface area contributed by atoms with Crippen molar-refractivity contribution in [2.75, 3.05) is 7.11 Å². The van der Waals surface area contributed by atoms with E-state index in [9.17, 15) is 4.79 Å². The van der Waals surface area contributed by atoms with E-state index >= 15 is 0 Å². The minimum atomic E-state index is -0.181. The van der Waals surface area contributed by atoms with Gasteiger partial charge >= 0.3 is 0 Å². The number of thioether (sulfide) groups is 1. The molecule has 164 valence electrons. The number of pyridine rings is 1. The molecule has 3 aromatic heterocycles. The van der Waals surface area contributed by atoms with Gasteiger partial charge in [0.1, 0.15) is 11.6 Å². The lowest BCUT2D eigenvalue weighted by atomic mass is 10.2. The third-order valence-corrected chi connectivity index (χ3v) is 5.93. The molecule has 0 amide bonds. The van der Waals surface area contributed by atoms with Crippen molar-refractivity contribution in [1.82, 2.24) is 24.7 Å². The van der Waals surface area contributed by atoms with E-state index < -0.39 is 0 Å². The summed E-state index contributed by atoms with van der Waals surface area (Å²) in [5, 5.41) is 5.11. The largest absolute Gasteiger partial charge is 0.496 e. The van der Waals surface area contributed by atoms with Gasteiger partial charge in [0.15, 0.2) is 5.16 Å². The maximum absolute atomic E-state index is 13.3. The van der Waals surface area contributed by atoms with E-state index in [1.54, 1.807) is 19.4 Å². The number of aromatic nitrogens is 5. The minimum absolute atomic E-state index is 0.181. The van der Waals surface area contributed by atoms with E-state index in [-0.39, 0.29) is 5.56 Å². The highest BCUT2D eigenvalue weighted by atomic mass is 32.2. The van der Waals surface area contributed by atoms with Gasteiger partial charge in [0, 0.05) is 6.20 Å². The van der Waals surface area contributed by atoms with E-state index in [4.69, 9.17) is 14.2 Å². The quantitative estimate of drug-likeness (QED) is 0.273. The number of hydrogen-bond donors (Lipinski definition) is 0. The molecule has 9 heteroatoms. The maximum atomic E-state index is 13.3. The normalized spacial score (nSPS) is 11.1. The van der Waals surface area contributed by atoms with Gasteiger partial charge in [-0.05, 0) is 42.8 Å². The molecule has 0 radical (unpaired) electrons. The summed E-state index contributed by atoms with van der Waals surface area (Å²) in [6.45, 7) is 1.95. The fourth-order valence-electron chi connectivity index (χ4n) is 3.38. The first-order valence-electron chi connectivity index (χ1n) is 10.2. The number of nitrogens with zero attached hydrogens (tertiary/aromatic N) is 5. The molecule has 33 heavy (non-hydrogen) atoms. The Morgan fingerprint density at radius 1 is 1.03 bits per heavy atom. The van der Waals surface area contributed by atoms with Gasteiger partial charge in [0.05, 0.1) is 29.3 Å². The predicted octanol–water partition coefficient (Wildman–Crippen LogP) is 4.44. The summed E-state index contributed by atoms with van der Waals surface area (Å²) in [4.78, 5) is 27.0. The average molecular weight is 458 g/mol. The van der Waals surface area contributed by atoms with Crippen LogP contribution < -0.4 is 10.3 Å². The summed E-state index contributed by atoms with van der Waals surface area (Å²) in [6.07, 6.45) is 1.73. The van der Waals surface area contributed by atoms with Crippen LogP contribution in [-0.4, -0.2) is 31.8 Å². The third kappa shape index (κ3) is 4.10. The Morgan fingerprint density at radius 2 is 1.85 bits per heavy atom. The zero-order chi connectivity index (χ0) is 22.8. The van der Waals surface area contributed by atoms with Gasteiger partial charge in [-0.15, -0.1) is 0 Å². The highest BCUT2D eigenvalue weighted by Gasteiger charge is 2.17. The van der Waals surface area contributed by atoms with Crippen molar-refractivity contribution in [3.8, 4) is 23.0 Å². The molecule has 5 aromatic rings. The van der Waals surface area contributed by atoms with Crippen LogP contribution in [0.5, 0.6) is 5.75 Å². The van der Waals surface area contributed by atoms with Gasteiger partial charge in [-0.2, -0.15) is 4.98 Å². The van der Waals surface area contributed by atoms with Crippen molar-refractivity contribution >= 4 is 22.7 Å². The summed E-state index contributed by atoms with van der Waals surface area (Å²) >= 11 is 1.33. The van der Waals surface area contributed by atoms with E-state index in [0.29, 0.717) is 45.1 Å². The van der Waals surface area contributed by atoms with Crippen LogP contribution >= 0.6 is 11.8 Å². The number of rotatable bonds is 6. The van der Waals surface area contributed by atoms with Gasteiger partial charge in [-0.1, -0.05) is 47.3 Å². The second kappa shape index (κ2) is 8.87. The second-order valence-electron chi connectivity index (χ2n) is 7.25. The lowest BCUT2D eigenvalue weighted by Crippen LogP contribution is -2.22. The Hall–Kier alpha value is -3.98. The van der Waals surface area contributed by atoms with Crippen LogP contribution in [0.25, 0.3) is 28.1 Å². The number of methoxy groups -OCH3 is 1. The Balaban J connectivity index is 1.51. The predicted molar refractivity (Wildman–Crippen MR) is 126 cm³/mol. The lowest BCUT2D eigenvalue weighted by Gasteiger charge is -2.12. The van der Waals surface area contributed by atoms with E-state index in [2.05, 4.69) is 15.1 Å². The average Bonchev–Trinajstić information content (AvgIpc) is 3.32. The van der Waals surface area contributed by atoms with Crippen LogP contribution in [0.2, 0.25) is 0 Å². The number of benzene rings is 2. The number of aryl methyl sites for hydroxylation is 1.